The Hall–Kier alpha value is -4.33. The van der Waals surface area contributed by atoms with Gasteiger partial charge in [-0.1, -0.05) is 0 Å². The molecule has 0 radical (unpaired) electrons. The van der Waals surface area contributed by atoms with Gasteiger partial charge in [-0.2, -0.15) is 0 Å². The molecule has 0 aliphatic heterocycles. The Balaban J connectivity index is 1.56. The monoisotopic (exact) mass is 406 g/mol. The van der Waals surface area contributed by atoms with Crippen molar-refractivity contribution in [3.63, 3.8) is 0 Å². The van der Waals surface area contributed by atoms with Gasteiger partial charge in [0.2, 0.25) is 16.9 Å². The van der Waals surface area contributed by atoms with Crippen LogP contribution in [0.25, 0.3) is 11.0 Å². The summed E-state index contributed by atoms with van der Waals surface area (Å²) in [5.74, 6) is -0.586. The number of carbonyl (C=O) groups excluding carboxylic acids is 2. The van der Waals surface area contributed by atoms with Crippen LogP contribution in [0.5, 0.6) is 17.2 Å². The van der Waals surface area contributed by atoms with E-state index >= 15 is 0 Å². The number of carbonyl (C=O) groups is 2. The van der Waals surface area contributed by atoms with Gasteiger partial charge in [-0.05, 0) is 48.5 Å². The minimum atomic E-state index is -0.669. The predicted molar refractivity (Wildman–Crippen MR) is 104 cm³/mol. The van der Waals surface area contributed by atoms with Crippen LogP contribution in [0.3, 0.4) is 0 Å². The minimum Gasteiger partial charge on any atom is -0.465 e. The zero-order chi connectivity index (χ0) is 21.1. The van der Waals surface area contributed by atoms with E-state index in [-0.39, 0.29) is 28.2 Å². The first-order valence-corrected chi connectivity index (χ1v) is 8.72. The molecule has 0 spiro atoms. The van der Waals surface area contributed by atoms with Crippen molar-refractivity contribution in [2.45, 2.75) is 0 Å². The lowest BCUT2D eigenvalue weighted by atomic mass is 10.2. The molecule has 0 saturated carbocycles. The van der Waals surface area contributed by atoms with E-state index < -0.39 is 17.4 Å². The van der Waals surface area contributed by atoms with E-state index in [0.29, 0.717) is 11.3 Å². The van der Waals surface area contributed by atoms with Crippen LogP contribution in [-0.4, -0.2) is 19.0 Å². The summed E-state index contributed by atoms with van der Waals surface area (Å²) in [5, 5.41) is 0.247. The number of ether oxygens (including phenoxy) is 3. The number of fused-ring (bicyclic) bond motifs is 1. The van der Waals surface area contributed by atoms with Gasteiger partial charge in [0.25, 0.3) is 0 Å². The lowest BCUT2D eigenvalue weighted by Gasteiger charge is -2.07. The summed E-state index contributed by atoms with van der Waals surface area (Å²) in [4.78, 5) is 36.1. The maximum atomic E-state index is 12.7. The van der Waals surface area contributed by atoms with Gasteiger partial charge < -0.3 is 23.0 Å². The van der Waals surface area contributed by atoms with Gasteiger partial charge in [-0.3, -0.25) is 4.79 Å². The second kappa shape index (κ2) is 7.96. The number of rotatable bonds is 5. The molecule has 8 nitrogen and oxygen atoms in total. The van der Waals surface area contributed by atoms with Crippen LogP contribution in [0.15, 0.2) is 80.8 Å². The van der Waals surface area contributed by atoms with E-state index in [1.165, 1.54) is 61.9 Å². The number of hydrogen-bond donors (Lipinski definition) is 0. The van der Waals surface area contributed by atoms with Gasteiger partial charge in [0, 0.05) is 6.07 Å². The fourth-order valence-electron chi connectivity index (χ4n) is 2.68. The molecule has 8 heteroatoms. The van der Waals surface area contributed by atoms with E-state index in [9.17, 15) is 14.4 Å². The SMILES string of the molecule is COC(=O)c1ccc(Oc2coc3cc(OC(=O)c4ccco4)ccc3c2=O)cc1. The van der Waals surface area contributed by atoms with Gasteiger partial charge in [-0.25, -0.2) is 9.59 Å². The summed E-state index contributed by atoms with van der Waals surface area (Å²) in [6.45, 7) is 0. The Bertz CT molecular complexity index is 1270. The summed E-state index contributed by atoms with van der Waals surface area (Å²) >= 11 is 0. The number of methoxy groups -OCH3 is 1. The molecule has 0 amide bonds. The Morgan fingerprint density at radius 2 is 1.67 bits per heavy atom. The topological polar surface area (TPSA) is 105 Å². The second-order valence-corrected chi connectivity index (χ2v) is 6.07. The van der Waals surface area contributed by atoms with Crippen molar-refractivity contribution < 1.29 is 32.6 Å². The van der Waals surface area contributed by atoms with Crippen LogP contribution in [0.2, 0.25) is 0 Å². The highest BCUT2D eigenvalue weighted by Crippen LogP contribution is 2.25. The predicted octanol–water partition coefficient (Wildman–Crippen LogP) is 4.18. The molecule has 0 unspecified atom stereocenters. The molecule has 0 N–H and O–H groups in total. The number of esters is 2. The normalized spacial score (nSPS) is 10.6. The van der Waals surface area contributed by atoms with Crippen molar-refractivity contribution in [2.75, 3.05) is 7.11 Å². The third kappa shape index (κ3) is 3.79. The summed E-state index contributed by atoms with van der Waals surface area (Å²) in [5.41, 5.74) is 0.169. The van der Waals surface area contributed by atoms with Gasteiger partial charge >= 0.3 is 11.9 Å². The van der Waals surface area contributed by atoms with Crippen molar-refractivity contribution in [1.82, 2.24) is 0 Å². The highest BCUT2D eigenvalue weighted by atomic mass is 16.5. The fraction of sp³-hybridized carbons (Fsp3) is 0.0455. The van der Waals surface area contributed by atoms with E-state index in [1.807, 2.05) is 0 Å². The smallest absolute Gasteiger partial charge is 0.379 e. The summed E-state index contributed by atoms with van der Waals surface area (Å²) in [6.07, 6.45) is 2.53. The number of benzene rings is 2. The molecule has 0 fully saturated rings. The first-order chi connectivity index (χ1) is 14.5. The largest absolute Gasteiger partial charge is 0.465 e. The van der Waals surface area contributed by atoms with Gasteiger partial charge in [0.15, 0.2) is 0 Å². The fourth-order valence-corrected chi connectivity index (χ4v) is 2.68. The number of furan rings is 1. The van der Waals surface area contributed by atoms with Crippen molar-refractivity contribution in [1.29, 1.82) is 0 Å². The third-order valence-corrected chi connectivity index (χ3v) is 4.15. The summed E-state index contributed by atoms with van der Waals surface area (Å²) in [7, 11) is 1.29. The molecule has 2 heterocycles. The molecule has 0 aliphatic rings. The van der Waals surface area contributed by atoms with Crippen molar-refractivity contribution in [3.8, 4) is 17.2 Å². The average molecular weight is 406 g/mol. The second-order valence-electron chi connectivity index (χ2n) is 6.07. The molecule has 0 saturated heterocycles. The highest BCUT2D eigenvalue weighted by Gasteiger charge is 2.14. The first-order valence-electron chi connectivity index (χ1n) is 8.72. The Morgan fingerprint density at radius 3 is 2.37 bits per heavy atom. The lowest BCUT2D eigenvalue weighted by molar-refractivity contribution is 0.0600. The molecule has 0 atom stereocenters. The maximum Gasteiger partial charge on any atom is 0.379 e. The molecule has 150 valence electrons. The van der Waals surface area contributed by atoms with Crippen LogP contribution in [-0.2, 0) is 4.74 Å². The van der Waals surface area contributed by atoms with E-state index in [0.717, 1.165) is 6.26 Å². The van der Waals surface area contributed by atoms with Crippen LogP contribution >= 0.6 is 0 Å². The van der Waals surface area contributed by atoms with Crippen LogP contribution in [0.4, 0.5) is 0 Å². The van der Waals surface area contributed by atoms with E-state index in [4.69, 9.17) is 18.3 Å². The molecule has 2 aromatic heterocycles. The molecule has 4 aromatic rings. The van der Waals surface area contributed by atoms with Gasteiger partial charge in [0.05, 0.1) is 24.3 Å². The zero-order valence-corrected chi connectivity index (χ0v) is 15.6. The summed E-state index contributed by atoms with van der Waals surface area (Å²) < 4.78 is 25.9. The van der Waals surface area contributed by atoms with E-state index in [2.05, 4.69) is 4.74 Å². The Labute approximate surface area is 169 Å². The Morgan fingerprint density at radius 1 is 0.900 bits per heavy atom. The maximum absolute atomic E-state index is 12.7. The average Bonchev–Trinajstić information content (AvgIpc) is 3.31. The van der Waals surface area contributed by atoms with Crippen LogP contribution < -0.4 is 14.9 Å². The summed E-state index contributed by atoms with van der Waals surface area (Å²) in [6, 6.07) is 13.5. The molecule has 4 rings (SSSR count). The third-order valence-electron chi connectivity index (χ3n) is 4.15. The van der Waals surface area contributed by atoms with Crippen LogP contribution in [0, 0.1) is 0 Å². The molecule has 30 heavy (non-hydrogen) atoms. The van der Waals surface area contributed by atoms with E-state index in [1.54, 1.807) is 6.07 Å². The van der Waals surface area contributed by atoms with Crippen molar-refractivity contribution >= 4 is 22.9 Å². The van der Waals surface area contributed by atoms with Crippen molar-refractivity contribution in [2.24, 2.45) is 0 Å². The molecule has 2 aromatic carbocycles. The quantitative estimate of drug-likeness (QED) is 0.359. The highest BCUT2D eigenvalue weighted by molar-refractivity contribution is 5.89. The minimum absolute atomic E-state index is 0.0337. The molecule has 0 aliphatic carbocycles. The standard InChI is InChI=1S/C22H14O8/c1-26-21(24)13-4-6-14(7-5-13)29-19-12-28-18-11-15(8-9-16(18)20(19)23)30-22(25)17-3-2-10-27-17/h2-12H,1H3. The molecular formula is C22H14O8. The zero-order valence-electron chi connectivity index (χ0n) is 15.6. The van der Waals surface area contributed by atoms with Crippen molar-refractivity contribution in [3.05, 3.63) is 88.7 Å². The van der Waals surface area contributed by atoms with Crippen LogP contribution in [0.1, 0.15) is 20.9 Å². The Kier molecular flexibility index (Phi) is 5.04. The first kappa shape index (κ1) is 19.0. The molecular weight excluding hydrogens is 392 g/mol. The number of hydrogen-bond acceptors (Lipinski definition) is 8. The van der Waals surface area contributed by atoms with Gasteiger partial charge in [-0.15, -0.1) is 0 Å². The molecule has 0 bridgehead atoms. The van der Waals surface area contributed by atoms with Gasteiger partial charge in [0.1, 0.15) is 23.3 Å². The lowest BCUT2D eigenvalue weighted by Crippen LogP contribution is -2.08.